The molecule has 0 aromatic carbocycles. The van der Waals surface area contributed by atoms with E-state index < -0.39 is 14.9 Å². The summed E-state index contributed by atoms with van der Waals surface area (Å²) in [6.07, 6.45) is 13.8. The number of hydrogen-bond donors (Lipinski definition) is 1. The van der Waals surface area contributed by atoms with Crippen LogP contribution < -0.4 is 0 Å². The minimum Gasteiger partial charge on any atom is -0.326 e. The Hall–Kier alpha value is -0.130. The van der Waals surface area contributed by atoms with Crippen LogP contribution in [-0.4, -0.2) is 48.9 Å². The Morgan fingerprint density at radius 3 is 1.68 bits per heavy atom. The molecule has 1 atom stereocenters. The molecule has 0 heterocycles. The van der Waals surface area contributed by atoms with Crippen LogP contribution in [0.1, 0.15) is 98.3 Å². The van der Waals surface area contributed by atoms with Crippen LogP contribution in [-0.2, 0) is 10.1 Å². The molecule has 0 fully saturated rings. The lowest BCUT2D eigenvalue weighted by Gasteiger charge is -2.39. The molecule has 5 heteroatoms. The first-order valence-electron chi connectivity index (χ1n) is 10.2. The van der Waals surface area contributed by atoms with Crippen molar-refractivity contribution in [3.05, 3.63) is 0 Å². The second kappa shape index (κ2) is 11.6. The van der Waals surface area contributed by atoms with Crippen molar-refractivity contribution in [2.24, 2.45) is 0 Å². The summed E-state index contributed by atoms with van der Waals surface area (Å²) in [4.78, 5) is 0. The molecule has 4 nitrogen and oxygen atoms in total. The minimum atomic E-state index is -4.01. The lowest BCUT2D eigenvalue weighted by Crippen LogP contribution is -2.51. The molecule has 0 radical (unpaired) electrons. The molecule has 0 aromatic rings. The van der Waals surface area contributed by atoms with Crippen molar-refractivity contribution in [2.45, 2.75) is 109 Å². The Kier molecular flexibility index (Phi) is 11.5. The highest BCUT2D eigenvalue weighted by Crippen LogP contribution is 2.26. The van der Waals surface area contributed by atoms with Crippen LogP contribution in [0.5, 0.6) is 0 Å². The summed E-state index contributed by atoms with van der Waals surface area (Å²) in [5.41, 5.74) is 0. The largest absolute Gasteiger partial charge is 0.326 e. The maximum atomic E-state index is 11.5. The average Bonchev–Trinajstić information content (AvgIpc) is 2.47. The predicted molar refractivity (Wildman–Crippen MR) is 109 cm³/mol. The quantitative estimate of drug-likeness (QED) is 0.235. The molecular weight excluding hydrogens is 334 g/mol. The number of hydrogen-bond acceptors (Lipinski definition) is 2. The minimum absolute atomic E-state index is 0.190. The van der Waals surface area contributed by atoms with Gasteiger partial charge in [-0.15, -0.1) is 0 Å². The van der Waals surface area contributed by atoms with E-state index in [4.69, 9.17) is 0 Å². The molecule has 25 heavy (non-hydrogen) atoms. The van der Waals surface area contributed by atoms with Crippen molar-refractivity contribution >= 4 is 10.1 Å². The molecule has 0 aliphatic heterocycles. The first-order valence-corrected chi connectivity index (χ1v) is 11.7. The Morgan fingerprint density at radius 1 is 0.880 bits per heavy atom. The maximum absolute atomic E-state index is 11.5. The Bertz CT molecular complexity index is 444. The lowest BCUT2D eigenvalue weighted by atomic mass is 10.0. The van der Waals surface area contributed by atoms with E-state index in [0.717, 1.165) is 11.0 Å². The highest BCUT2D eigenvalue weighted by Gasteiger charge is 2.38. The highest BCUT2D eigenvalue weighted by atomic mass is 32.2. The Morgan fingerprint density at radius 2 is 1.28 bits per heavy atom. The third kappa shape index (κ3) is 10.6. The smallest absolute Gasteiger partial charge is 0.270 e. The Balaban J connectivity index is 3.97. The lowest BCUT2D eigenvalue weighted by molar-refractivity contribution is -0.913. The summed E-state index contributed by atoms with van der Waals surface area (Å²) in [7, 11) is 0.319. The zero-order valence-electron chi connectivity index (χ0n) is 17.7. The fraction of sp³-hybridized carbons (Fsp3) is 1.00. The molecule has 0 aliphatic carbocycles. The maximum Gasteiger partial charge on any atom is 0.270 e. The van der Waals surface area contributed by atoms with E-state index in [1.54, 1.807) is 13.8 Å². The number of rotatable bonds is 15. The topological polar surface area (TPSA) is 54.4 Å². The number of unbranched alkanes of at least 4 members (excludes halogenated alkanes) is 9. The molecule has 1 unspecified atom stereocenters. The standard InChI is InChI=1S/C20H43NO3S/c1-7-8-9-10-11-12-13-14-15-16-17-21(5,6)19(2)18-20(3,4)25(22,23)24/h19H,7-18H2,1-6H3/p+1. The van der Waals surface area contributed by atoms with Crippen LogP contribution in [0.15, 0.2) is 0 Å². The van der Waals surface area contributed by atoms with Crippen LogP contribution in [0.3, 0.4) is 0 Å². The van der Waals surface area contributed by atoms with Crippen LogP contribution in [0.25, 0.3) is 0 Å². The van der Waals surface area contributed by atoms with Crippen LogP contribution in [0.2, 0.25) is 0 Å². The normalized spacial score (nSPS) is 14.7. The molecular formula is C20H44NO3S+. The van der Waals surface area contributed by atoms with E-state index in [-0.39, 0.29) is 6.04 Å². The van der Waals surface area contributed by atoms with Gasteiger partial charge in [0.2, 0.25) is 0 Å². The molecule has 0 saturated heterocycles. The fourth-order valence-electron chi connectivity index (χ4n) is 3.29. The van der Waals surface area contributed by atoms with Gasteiger partial charge in [0, 0.05) is 6.42 Å². The molecule has 0 aromatic heterocycles. The van der Waals surface area contributed by atoms with Crippen molar-refractivity contribution in [1.29, 1.82) is 0 Å². The molecule has 0 amide bonds. The van der Waals surface area contributed by atoms with Crippen molar-refractivity contribution < 1.29 is 17.5 Å². The van der Waals surface area contributed by atoms with Gasteiger partial charge in [0.05, 0.1) is 31.4 Å². The summed E-state index contributed by atoms with van der Waals surface area (Å²) in [5.74, 6) is 0. The Labute approximate surface area is 157 Å². The summed E-state index contributed by atoms with van der Waals surface area (Å²) in [6.45, 7) is 8.62. The molecule has 0 bridgehead atoms. The molecule has 0 aliphatic rings. The van der Waals surface area contributed by atoms with Gasteiger partial charge in [0.25, 0.3) is 10.1 Å². The van der Waals surface area contributed by atoms with E-state index in [0.29, 0.717) is 6.42 Å². The van der Waals surface area contributed by atoms with Crippen molar-refractivity contribution in [1.82, 2.24) is 0 Å². The third-order valence-electron chi connectivity index (χ3n) is 5.77. The van der Waals surface area contributed by atoms with Gasteiger partial charge in [-0.05, 0) is 33.6 Å². The van der Waals surface area contributed by atoms with Gasteiger partial charge in [-0.2, -0.15) is 8.42 Å². The predicted octanol–water partition coefficient (Wildman–Crippen LogP) is 5.43. The second-order valence-electron chi connectivity index (χ2n) is 8.97. The SMILES string of the molecule is CCCCCCCCCCCC[N+](C)(C)C(C)CC(C)(C)S(=O)(=O)O. The van der Waals surface area contributed by atoms with Crippen LogP contribution >= 0.6 is 0 Å². The zero-order chi connectivity index (χ0) is 19.6. The monoisotopic (exact) mass is 378 g/mol. The van der Waals surface area contributed by atoms with Gasteiger partial charge in [-0.1, -0.05) is 58.3 Å². The van der Waals surface area contributed by atoms with E-state index in [2.05, 4.69) is 27.9 Å². The summed E-state index contributed by atoms with van der Waals surface area (Å²) in [6, 6.07) is 0.190. The fourth-order valence-corrected chi connectivity index (χ4v) is 3.74. The second-order valence-corrected chi connectivity index (χ2v) is 11.0. The zero-order valence-corrected chi connectivity index (χ0v) is 18.5. The van der Waals surface area contributed by atoms with Crippen molar-refractivity contribution in [2.75, 3.05) is 20.6 Å². The van der Waals surface area contributed by atoms with E-state index in [9.17, 15) is 13.0 Å². The molecule has 152 valence electrons. The molecule has 1 N–H and O–H groups in total. The summed E-state index contributed by atoms with van der Waals surface area (Å²) >= 11 is 0. The van der Waals surface area contributed by atoms with Crippen molar-refractivity contribution in [3.63, 3.8) is 0 Å². The summed E-state index contributed by atoms with van der Waals surface area (Å²) in [5, 5.41) is 0. The van der Waals surface area contributed by atoms with Gasteiger partial charge < -0.3 is 4.48 Å². The van der Waals surface area contributed by atoms with Crippen molar-refractivity contribution in [3.8, 4) is 0 Å². The summed E-state index contributed by atoms with van der Waals surface area (Å²) < 4.78 is 32.1. The first kappa shape index (κ1) is 24.9. The van der Waals surface area contributed by atoms with Gasteiger partial charge >= 0.3 is 0 Å². The van der Waals surface area contributed by atoms with E-state index >= 15 is 0 Å². The van der Waals surface area contributed by atoms with E-state index in [1.165, 1.54) is 64.2 Å². The van der Waals surface area contributed by atoms with Crippen LogP contribution in [0, 0.1) is 0 Å². The molecule has 0 spiro atoms. The van der Waals surface area contributed by atoms with Gasteiger partial charge in [-0.3, -0.25) is 4.55 Å². The highest BCUT2D eigenvalue weighted by molar-refractivity contribution is 7.87. The van der Waals surface area contributed by atoms with Crippen LogP contribution in [0.4, 0.5) is 0 Å². The molecule has 0 rings (SSSR count). The number of quaternary nitrogens is 1. The third-order valence-corrected chi connectivity index (χ3v) is 7.33. The average molecular weight is 379 g/mol. The van der Waals surface area contributed by atoms with Gasteiger partial charge in [0.1, 0.15) is 0 Å². The first-order chi connectivity index (χ1) is 11.4. The van der Waals surface area contributed by atoms with E-state index in [1.807, 2.05) is 0 Å². The number of nitrogens with zero attached hydrogens (tertiary/aromatic N) is 1. The van der Waals surface area contributed by atoms with Gasteiger partial charge in [-0.25, -0.2) is 0 Å². The molecule has 0 saturated carbocycles. The van der Waals surface area contributed by atoms with Gasteiger partial charge in [0.15, 0.2) is 0 Å².